The molecule has 3 nitrogen and oxygen atoms in total. The largest absolute Gasteiger partial charge is 0.496 e. The number of carbonyl (C=O) groups excluding carboxylic acids is 1. The summed E-state index contributed by atoms with van der Waals surface area (Å²) in [6, 6.07) is 9.74. The van der Waals surface area contributed by atoms with Crippen molar-refractivity contribution in [1.82, 2.24) is 0 Å². The van der Waals surface area contributed by atoms with E-state index in [1.807, 2.05) is 37.3 Å². The molecule has 2 aliphatic rings. The minimum absolute atomic E-state index is 0.0371. The van der Waals surface area contributed by atoms with Crippen molar-refractivity contribution in [3.05, 3.63) is 54.3 Å². The zero-order chi connectivity index (χ0) is 15.5. The summed E-state index contributed by atoms with van der Waals surface area (Å²) in [6.45, 7) is 6.40. The number of hydrogen-bond acceptors (Lipinski definition) is 3. The van der Waals surface area contributed by atoms with E-state index in [0.29, 0.717) is 12.2 Å². The molecule has 0 spiro atoms. The molecule has 0 aromatic heterocycles. The highest BCUT2D eigenvalue weighted by Gasteiger charge is 2.40. The third-order valence-electron chi connectivity index (χ3n) is 4.36. The van der Waals surface area contributed by atoms with E-state index in [0.717, 1.165) is 30.4 Å². The smallest absolute Gasteiger partial charge is 0.173 e. The Morgan fingerprint density at radius 1 is 1.32 bits per heavy atom. The summed E-state index contributed by atoms with van der Waals surface area (Å²) < 4.78 is 11.7. The second kappa shape index (κ2) is 6.49. The van der Waals surface area contributed by atoms with Gasteiger partial charge in [0.25, 0.3) is 0 Å². The molecule has 3 unspecified atom stereocenters. The Kier molecular flexibility index (Phi) is 4.44. The van der Waals surface area contributed by atoms with Crippen LogP contribution in [0, 0.1) is 5.92 Å². The van der Waals surface area contributed by atoms with Crippen molar-refractivity contribution in [2.75, 3.05) is 6.61 Å². The van der Waals surface area contributed by atoms with Gasteiger partial charge in [-0.3, -0.25) is 4.79 Å². The number of Topliss-reactive ketones (excluding diaryl/α,β-unsaturated/α-hetero) is 1. The van der Waals surface area contributed by atoms with E-state index in [1.165, 1.54) is 0 Å². The van der Waals surface area contributed by atoms with Gasteiger partial charge in [-0.15, -0.1) is 0 Å². The minimum atomic E-state index is -0.0520. The number of ether oxygens (including phenoxy) is 2. The van der Waals surface area contributed by atoms with E-state index >= 15 is 0 Å². The Balaban J connectivity index is 1.69. The Hall–Kier alpha value is -1.87. The van der Waals surface area contributed by atoms with Crippen LogP contribution in [0.25, 0.3) is 5.57 Å². The molecular formula is C19H22O3. The topological polar surface area (TPSA) is 35.5 Å². The van der Waals surface area contributed by atoms with E-state index in [2.05, 4.69) is 6.58 Å². The molecule has 0 amide bonds. The van der Waals surface area contributed by atoms with Gasteiger partial charge >= 0.3 is 0 Å². The number of fused-ring (bicyclic) bond motifs is 1. The van der Waals surface area contributed by atoms with Crippen LogP contribution in [-0.4, -0.2) is 24.6 Å². The minimum Gasteiger partial charge on any atom is -0.496 e. The van der Waals surface area contributed by atoms with E-state index in [-0.39, 0.29) is 23.9 Å². The number of allylic oxidation sites excluding steroid dienone is 1. The molecule has 3 heteroatoms. The summed E-state index contributed by atoms with van der Waals surface area (Å²) in [6.07, 6.45) is 4.27. The molecule has 116 valence electrons. The summed E-state index contributed by atoms with van der Waals surface area (Å²) in [7, 11) is 0. The lowest BCUT2D eigenvalue weighted by Crippen LogP contribution is -2.41. The van der Waals surface area contributed by atoms with Crippen LogP contribution in [0.1, 0.15) is 31.7 Å². The lowest BCUT2D eigenvalue weighted by Gasteiger charge is -2.37. The normalized spacial score (nSPS) is 27.6. The molecule has 0 saturated heterocycles. The first-order valence-electron chi connectivity index (χ1n) is 7.86. The average Bonchev–Trinajstić information content (AvgIpc) is 2.54. The van der Waals surface area contributed by atoms with Gasteiger partial charge in [0.2, 0.25) is 0 Å². The number of hydrogen-bond donors (Lipinski definition) is 0. The molecule has 1 aromatic rings. The first-order valence-corrected chi connectivity index (χ1v) is 7.86. The van der Waals surface area contributed by atoms with Gasteiger partial charge < -0.3 is 9.47 Å². The molecule has 0 N–H and O–H groups in total. The summed E-state index contributed by atoms with van der Waals surface area (Å²) in [5.74, 6) is 0.172. The fraction of sp³-hybridized carbons (Fsp3) is 0.421. The van der Waals surface area contributed by atoms with Crippen molar-refractivity contribution in [2.45, 2.75) is 38.4 Å². The third kappa shape index (κ3) is 3.14. The predicted octanol–water partition coefficient (Wildman–Crippen LogP) is 3.76. The van der Waals surface area contributed by atoms with Gasteiger partial charge in [-0.1, -0.05) is 42.5 Å². The second-order valence-electron chi connectivity index (χ2n) is 6.25. The summed E-state index contributed by atoms with van der Waals surface area (Å²) in [4.78, 5) is 12.7. The fourth-order valence-electron chi connectivity index (χ4n) is 3.20. The molecule has 3 atom stereocenters. The van der Waals surface area contributed by atoms with E-state index in [9.17, 15) is 4.79 Å². The lowest BCUT2D eigenvalue weighted by atomic mass is 9.78. The van der Waals surface area contributed by atoms with Gasteiger partial charge in [-0.05, 0) is 25.3 Å². The predicted molar refractivity (Wildman–Crippen MR) is 86.2 cm³/mol. The molecular weight excluding hydrogens is 276 g/mol. The molecule has 22 heavy (non-hydrogen) atoms. The van der Waals surface area contributed by atoms with Gasteiger partial charge in [-0.2, -0.15) is 0 Å². The maximum absolute atomic E-state index is 12.7. The quantitative estimate of drug-likeness (QED) is 0.794. The Morgan fingerprint density at radius 3 is 2.82 bits per heavy atom. The molecule has 1 fully saturated rings. The summed E-state index contributed by atoms with van der Waals surface area (Å²) >= 11 is 0. The zero-order valence-corrected chi connectivity index (χ0v) is 13.0. The van der Waals surface area contributed by atoms with Gasteiger partial charge in [0.05, 0.1) is 30.5 Å². The molecule has 1 aliphatic heterocycles. The molecule has 0 bridgehead atoms. The first-order chi connectivity index (χ1) is 10.6. The Labute approximate surface area is 131 Å². The van der Waals surface area contributed by atoms with Crippen molar-refractivity contribution < 1.29 is 14.3 Å². The number of benzene rings is 1. The highest BCUT2D eigenvalue weighted by molar-refractivity contribution is 6.22. The van der Waals surface area contributed by atoms with Crippen LogP contribution in [0.5, 0.6) is 0 Å². The van der Waals surface area contributed by atoms with Crippen molar-refractivity contribution in [2.24, 2.45) is 5.92 Å². The van der Waals surface area contributed by atoms with E-state index in [1.54, 1.807) is 6.26 Å². The zero-order valence-electron chi connectivity index (χ0n) is 13.0. The van der Waals surface area contributed by atoms with E-state index < -0.39 is 0 Å². The van der Waals surface area contributed by atoms with Crippen molar-refractivity contribution in [3.8, 4) is 0 Å². The van der Waals surface area contributed by atoms with Gasteiger partial charge in [0.1, 0.15) is 6.10 Å². The van der Waals surface area contributed by atoms with Crippen LogP contribution >= 0.6 is 0 Å². The third-order valence-corrected chi connectivity index (χ3v) is 4.36. The Bertz CT molecular complexity index is 588. The van der Waals surface area contributed by atoms with Gasteiger partial charge in [0.15, 0.2) is 5.78 Å². The maximum atomic E-state index is 12.7. The van der Waals surface area contributed by atoms with Crippen LogP contribution in [0.2, 0.25) is 0 Å². The maximum Gasteiger partial charge on any atom is 0.173 e. The van der Waals surface area contributed by atoms with Crippen LogP contribution in [0.3, 0.4) is 0 Å². The average molecular weight is 298 g/mol. The van der Waals surface area contributed by atoms with Crippen LogP contribution < -0.4 is 0 Å². The first kappa shape index (κ1) is 15.0. The van der Waals surface area contributed by atoms with Gasteiger partial charge in [-0.25, -0.2) is 0 Å². The molecule has 1 saturated carbocycles. The van der Waals surface area contributed by atoms with E-state index in [4.69, 9.17) is 9.47 Å². The second-order valence-corrected chi connectivity index (χ2v) is 6.25. The fourth-order valence-corrected chi connectivity index (χ4v) is 3.20. The number of rotatable bonds is 4. The molecule has 3 rings (SSSR count). The highest BCUT2D eigenvalue weighted by atomic mass is 16.5. The lowest BCUT2D eigenvalue weighted by molar-refractivity contribution is -0.127. The standard InChI is InChI=1S/C19H22O3/c1-13(2)11-21-15-8-9-16-18(10-15)22-12-17(19(16)20)14-6-4-3-5-7-14/h3-7,12,15-16,18H,1,8-11H2,2H3. The molecule has 1 aromatic carbocycles. The number of carbonyl (C=O) groups is 1. The summed E-state index contributed by atoms with van der Waals surface area (Å²) in [5.41, 5.74) is 2.66. The highest BCUT2D eigenvalue weighted by Crippen LogP contribution is 2.37. The van der Waals surface area contributed by atoms with Crippen LogP contribution in [-0.2, 0) is 14.3 Å². The number of ketones is 1. The SMILES string of the molecule is C=C(C)COC1CCC2C(=O)C(c3ccccc3)=COC2C1. The van der Waals surface area contributed by atoms with Crippen LogP contribution in [0.4, 0.5) is 0 Å². The van der Waals surface area contributed by atoms with Crippen molar-refractivity contribution >= 4 is 11.4 Å². The molecule has 0 radical (unpaired) electrons. The molecule has 1 aliphatic carbocycles. The monoisotopic (exact) mass is 298 g/mol. The summed E-state index contributed by atoms with van der Waals surface area (Å²) in [5, 5.41) is 0. The van der Waals surface area contributed by atoms with Crippen molar-refractivity contribution in [3.63, 3.8) is 0 Å². The van der Waals surface area contributed by atoms with Crippen molar-refractivity contribution in [1.29, 1.82) is 0 Å². The van der Waals surface area contributed by atoms with Gasteiger partial charge in [0, 0.05) is 6.42 Å². The Morgan fingerprint density at radius 2 is 2.09 bits per heavy atom. The van der Waals surface area contributed by atoms with Crippen LogP contribution in [0.15, 0.2) is 48.7 Å². The molecule has 1 heterocycles.